The Morgan fingerprint density at radius 1 is 1.50 bits per heavy atom. The molecule has 0 bridgehead atoms. The van der Waals surface area contributed by atoms with E-state index in [9.17, 15) is 13.2 Å². The van der Waals surface area contributed by atoms with Gasteiger partial charge in [-0.05, 0) is 19.8 Å². The maximum Gasteiger partial charge on any atom is 0.235 e. The first-order chi connectivity index (χ1) is 6.31. The van der Waals surface area contributed by atoms with E-state index < -0.39 is 21.5 Å². The lowest BCUT2D eigenvalue weighted by molar-refractivity contribution is -0.118. The molecule has 0 spiro atoms. The first-order valence-electron chi connectivity index (χ1n) is 4.44. The van der Waals surface area contributed by atoms with E-state index in [1.165, 1.54) is 0 Å². The van der Waals surface area contributed by atoms with E-state index in [0.29, 0.717) is 19.4 Å². The van der Waals surface area contributed by atoms with E-state index in [0.717, 1.165) is 6.26 Å². The molecule has 0 aromatic carbocycles. The summed E-state index contributed by atoms with van der Waals surface area (Å²) in [4.78, 5) is 11.0. The third-order valence-corrected chi connectivity index (χ3v) is 2.30. The maximum absolute atomic E-state index is 11.0. The lowest BCUT2D eigenvalue weighted by Gasteiger charge is -2.05. The summed E-state index contributed by atoms with van der Waals surface area (Å²) < 4.78 is 21.4. The van der Waals surface area contributed by atoms with Crippen molar-refractivity contribution in [3.05, 3.63) is 0 Å². The molecule has 0 aliphatic heterocycles. The minimum absolute atomic E-state index is 0.387. The van der Waals surface area contributed by atoms with Crippen LogP contribution in [0.1, 0.15) is 19.8 Å². The quantitative estimate of drug-likeness (QED) is 0.584. The number of amides is 1. The van der Waals surface area contributed by atoms with Crippen LogP contribution < -0.4 is 5.32 Å². The van der Waals surface area contributed by atoms with Gasteiger partial charge in [0, 0.05) is 12.8 Å². The zero-order valence-corrected chi connectivity index (χ0v) is 9.30. The van der Waals surface area contributed by atoms with Gasteiger partial charge >= 0.3 is 0 Å². The lowest BCUT2D eigenvalue weighted by Crippen LogP contribution is -2.30. The number of carbonyl (C=O) groups is 1. The van der Waals surface area contributed by atoms with Gasteiger partial charge in [-0.15, -0.1) is 0 Å². The molecule has 0 radical (unpaired) electrons. The highest BCUT2D eigenvalue weighted by Gasteiger charge is 2.09. The molecule has 0 aromatic heterocycles. The largest absolute Gasteiger partial charge is 0.393 e. The van der Waals surface area contributed by atoms with Crippen LogP contribution in [-0.2, 0) is 14.6 Å². The van der Waals surface area contributed by atoms with E-state index in [1.54, 1.807) is 6.92 Å². The summed E-state index contributed by atoms with van der Waals surface area (Å²) in [7, 11) is -3.24. The molecule has 6 heteroatoms. The van der Waals surface area contributed by atoms with E-state index in [4.69, 9.17) is 5.11 Å². The molecule has 0 saturated heterocycles. The van der Waals surface area contributed by atoms with Crippen LogP contribution in [0, 0.1) is 0 Å². The lowest BCUT2D eigenvalue weighted by atomic mass is 10.2. The summed E-state index contributed by atoms with van der Waals surface area (Å²) in [6.45, 7) is 2.07. The monoisotopic (exact) mass is 223 g/mol. The van der Waals surface area contributed by atoms with Crippen molar-refractivity contribution in [3.63, 3.8) is 0 Å². The first-order valence-corrected chi connectivity index (χ1v) is 6.50. The van der Waals surface area contributed by atoms with Crippen LogP contribution in [0.25, 0.3) is 0 Å². The van der Waals surface area contributed by atoms with Gasteiger partial charge < -0.3 is 10.4 Å². The molecule has 84 valence electrons. The van der Waals surface area contributed by atoms with Crippen LogP contribution >= 0.6 is 0 Å². The second kappa shape index (κ2) is 5.98. The number of nitrogens with one attached hydrogen (secondary N) is 1. The fraction of sp³-hybridized carbons (Fsp3) is 0.875. The van der Waals surface area contributed by atoms with Crippen LogP contribution in [0.5, 0.6) is 0 Å². The van der Waals surface area contributed by atoms with E-state index in [1.807, 2.05) is 0 Å². The van der Waals surface area contributed by atoms with Crippen LogP contribution in [0.3, 0.4) is 0 Å². The summed E-state index contributed by atoms with van der Waals surface area (Å²) in [6, 6.07) is 0. The Bertz CT molecular complexity index is 271. The third-order valence-electron chi connectivity index (χ3n) is 1.51. The third kappa shape index (κ3) is 9.47. The first kappa shape index (κ1) is 13.4. The van der Waals surface area contributed by atoms with Crippen LogP contribution in [0.2, 0.25) is 0 Å². The molecule has 0 rings (SSSR count). The second-order valence-electron chi connectivity index (χ2n) is 3.41. The maximum atomic E-state index is 11.0. The number of hydrogen-bond donors (Lipinski definition) is 2. The molecule has 0 aromatic rings. The SMILES string of the molecule is CC(O)CCCNC(=O)CS(C)(=O)=O. The molecule has 0 saturated carbocycles. The highest BCUT2D eigenvalue weighted by molar-refractivity contribution is 7.91. The Morgan fingerprint density at radius 3 is 2.50 bits per heavy atom. The summed E-state index contributed by atoms with van der Waals surface area (Å²) >= 11 is 0. The molecule has 0 aliphatic rings. The van der Waals surface area contributed by atoms with Crippen molar-refractivity contribution in [1.29, 1.82) is 0 Å². The minimum atomic E-state index is -3.24. The molecule has 14 heavy (non-hydrogen) atoms. The van der Waals surface area contributed by atoms with Crippen molar-refractivity contribution in [2.45, 2.75) is 25.9 Å². The second-order valence-corrected chi connectivity index (χ2v) is 5.55. The molecule has 0 fully saturated rings. The number of rotatable bonds is 6. The summed E-state index contributed by atoms with van der Waals surface area (Å²) in [6.07, 6.45) is 1.87. The number of carbonyl (C=O) groups excluding carboxylic acids is 1. The number of aliphatic hydroxyl groups is 1. The molecule has 0 aliphatic carbocycles. The number of sulfone groups is 1. The van der Waals surface area contributed by atoms with E-state index >= 15 is 0 Å². The van der Waals surface area contributed by atoms with Gasteiger partial charge in [-0.25, -0.2) is 8.42 Å². The predicted octanol–water partition coefficient (Wildman–Crippen LogP) is -0.692. The molecule has 1 amide bonds. The van der Waals surface area contributed by atoms with E-state index in [-0.39, 0.29) is 6.10 Å². The predicted molar refractivity (Wildman–Crippen MR) is 53.6 cm³/mol. The average molecular weight is 223 g/mol. The van der Waals surface area contributed by atoms with Gasteiger partial charge in [0.25, 0.3) is 0 Å². The van der Waals surface area contributed by atoms with Crippen molar-refractivity contribution >= 4 is 15.7 Å². The van der Waals surface area contributed by atoms with Gasteiger partial charge in [0.05, 0.1) is 6.10 Å². The summed E-state index contributed by atoms with van der Waals surface area (Å²) in [5.74, 6) is -0.958. The van der Waals surface area contributed by atoms with Gasteiger partial charge in [-0.2, -0.15) is 0 Å². The van der Waals surface area contributed by atoms with E-state index in [2.05, 4.69) is 5.32 Å². The standard InChI is InChI=1S/C8H17NO4S/c1-7(10)4-3-5-9-8(11)6-14(2,12)13/h7,10H,3-6H2,1-2H3,(H,9,11). The molecule has 2 N–H and O–H groups in total. The van der Waals surface area contributed by atoms with Crippen molar-refractivity contribution < 1.29 is 18.3 Å². The smallest absolute Gasteiger partial charge is 0.235 e. The van der Waals surface area contributed by atoms with Crippen LogP contribution in [0.15, 0.2) is 0 Å². The van der Waals surface area contributed by atoms with Crippen LogP contribution in [-0.4, -0.2) is 44.1 Å². The van der Waals surface area contributed by atoms with Crippen molar-refractivity contribution in [3.8, 4) is 0 Å². The highest BCUT2D eigenvalue weighted by atomic mass is 32.2. The Kier molecular flexibility index (Phi) is 5.71. The number of hydrogen-bond acceptors (Lipinski definition) is 4. The Balaban J connectivity index is 3.56. The highest BCUT2D eigenvalue weighted by Crippen LogP contribution is 1.93. The molecular formula is C8H17NO4S. The van der Waals surface area contributed by atoms with Gasteiger partial charge in [0.15, 0.2) is 9.84 Å². The molecule has 1 atom stereocenters. The molecule has 1 unspecified atom stereocenters. The average Bonchev–Trinajstić information content (AvgIpc) is 1.94. The fourth-order valence-corrected chi connectivity index (χ4v) is 1.49. The Morgan fingerprint density at radius 2 is 2.07 bits per heavy atom. The van der Waals surface area contributed by atoms with Gasteiger partial charge in [0.1, 0.15) is 5.75 Å². The zero-order valence-electron chi connectivity index (χ0n) is 8.49. The summed E-state index contributed by atoms with van der Waals surface area (Å²) in [5.41, 5.74) is 0. The molecule has 5 nitrogen and oxygen atoms in total. The van der Waals surface area contributed by atoms with Crippen LogP contribution in [0.4, 0.5) is 0 Å². The Hall–Kier alpha value is -0.620. The topological polar surface area (TPSA) is 83.5 Å². The normalized spacial score (nSPS) is 13.6. The fourth-order valence-electron chi connectivity index (χ4n) is 0.914. The Labute approximate surface area is 84.4 Å². The van der Waals surface area contributed by atoms with Gasteiger partial charge in [0.2, 0.25) is 5.91 Å². The zero-order chi connectivity index (χ0) is 11.2. The minimum Gasteiger partial charge on any atom is -0.393 e. The molecular weight excluding hydrogens is 206 g/mol. The van der Waals surface area contributed by atoms with Crippen molar-refractivity contribution in [1.82, 2.24) is 5.32 Å². The van der Waals surface area contributed by atoms with Crippen molar-refractivity contribution in [2.24, 2.45) is 0 Å². The van der Waals surface area contributed by atoms with Gasteiger partial charge in [-0.1, -0.05) is 0 Å². The summed E-state index contributed by atoms with van der Waals surface area (Å²) in [5, 5.41) is 11.4. The van der Waals surface area contributed by atoms with Gasteiger partial charge in [-0.3, -0.25) is 4.79 Å². The van der Waals surface area contributed by atoms with Crippen molar-refractivity contribution in [2.75, 3.05) is 18.6 Å². The number of aliphatic hydroxyl groups excluding tert-OH is 1. The molecule has 0 heterocycles.